The first-order valence-electron chi connectivity index (χ1n) is 4.68. The SMILES string of the molecule is CC(=O)CCC(=O)O.CC(=O)CCC(=O)O.O.O.[Ca]. The van der Waals surface area contributed by atoms with E-state index in [-0.39, 0.29) is 85.9 Å². The molecule has 0 amide bonds. The Morgan fingerprint density at radius 3 is 0.947 bits per heavy atom. The van der Waals surface area contributed by atoms with Crippen LogP contribution < -0.4 is 0 Å². The van der Waals surface area contributed by atoms with Gasteiger partial charge in [-0.3, -0.25) is 9.59 Å². The molecule has 0 rings (SSSR count). The first-order valence-corrected chi connectivity index (χ1v) is 4.68. The van der Waals surface area contributed by atoms with Crippen molar-refractivity contribution < 1.29 is 40.3 Å². The molecule has 0 spiro atoms. The van der Waals surface area contributed by atoms with E-state index in [4.69, 9.17) is 10.2 Å². The quantitative estimate of drug-likeness (QED) is 0.586. The standard InChI is InChI=1S/2C5H8O3.Ca.2H2O/c2*1-4(6)2-3-5(7)8;;;/h2*2-3H2,1H3,(H,7,8);;2*1H2. The average molecular weight is 308 g/mol. The average Bonchev–Trinajstić information content (AvgIpc) is 2.12. The second kappa shape index (κ2) is 19.8. The molecule has 8 nitrogen and oxygen atoms in total. The summed E-state index contributed by atoms with van der Waals surface area (Å²) in [5, 5.41) is 16.0. The summed E-state index contributed by atoms with van der Waals surface area (Å²) in [7, 11) is 0. The van der Waals surface area contributed by atoms with Gasteiger partial charge in [-0.15, -0.1) is 0 Å². The van der Waals surface area contributed by atoms with Crippen molar-refractivity contribution in [1.82, 2.24) is 0 Å². The van der Waals surface area contributed by atoms with E-state index < -0.39 is 11.9 Å². The second-order valence-electron chi connectivity index (χ2n) is 3.19. The van der Waals surface area contributed by atoms with Crippen LogP contribution in [0.2, 0.25) is 0 Å². The Kier molecular flexibility index (Phi) is 32.4. The van der Waals surface area contributed by atoms with Gasteiger partial charge in [0.1, 0.15) is 11.6 Å². The number of aliphatic carboxylic acids is 2. The minimum Gasteiger partial charge on any atom is -0.481 e. The molecule has 2 radical (unpaired) electrons. The molecule has 0 unspecified atom stereocenters. The fraction of sp³-hybridized carbons (Fsp3) is 0.600. The summed E-state index contributed by atoms with van der Waals surface area (Å²) in [6, 6.07) is 0. The van der Waals surface area contributed by atoms with Crippen LogP contribution in [0.1, 0.15) is 39.5 Å². The fourth-order valence-corrected chi connectivity index (χ4v) is 0.566. The van der Waals surface area contributed by atoms with E-state index >= 15 is 0 Å². The van der Waals surface area contributed by atoms with Gasteiger partial charge in [-0.2, -0.15) is 0 Å². The monoisotopic (exact) mass is 308 g/mol. The number of hydrogen-bond acceptors (Lipinski definition) is 4. The summed E-state index contributed by atoms with van der Waals surface area (Å²) in [4.78, 5) is 39.7. The molecule has 0 aromatic carbocycles. The zero-order chi connectivity index (χ0) is 13.1. The van der Waals surface area contributed by atoms with E-state index in [0.717, 1.165) is 0 Å². The number of carboxylic acids is 2. The third kappa shape index (κ3) is 46.6. The molecule has 0 atom stereocenters. The third-order valence-electron chi connectivity index (χ3n) is 1.38. The Morgan fingerprint density at radius 2 is 0.895 bits per heavy atom. The number of rotatable bonds is 6. The molecule has 0 saturated heterocycles. The number of carboxylic acid groups (broad SMARTS) is 2. The minimum atomic E-state index is -0.916. The van der Waals surface area contributed by atoms with Gasteiger partial charge >= 0.3 is 11.9 Å². The van der Waals surface area contributed by atoms with Crippen molar-refractivity contribution in [3.8, 4) is 0 Å². The van der Waals surface area contributed by atoms with Crippen molar-refractivity contribution in [2.75, 3.05) is 0 Å². The Labute approximate surface area is 140 Å². The molecule has 0 aliphatic carbocycles. The van der Waals surface area contributed by atoms with Crippen molar-refractivity contribution in [2.45, 2.75) is 39.5 Å². The molecular weight excluding hydrogens is 288 g/mol. The molecule has 0 aromatic rings. The van der Waals surface area contributed by atoms with Gasteiger partial charge in [0.2, 0.25) is 0 Å². The smallest absolute Gasteiger partial charge is 0.303 e. The van der Waals surface area contributed by atoms with Crippen molar-refractivity contribution >= 4 is 61.2 Å². The molecule has 0 heterocycles. The van der Waals surface area contributed by atoms with Gasteiger partial charge in [-0.1, -0.05) is 0 Å². The maximum atomic E-state index is 10.1. The Hall–Kier alpha value is -0.540. The van der Waals surface area contributed by atoms with Crippen LogP contribution >= 0.6 is 0 Å². The normalized spacial score (nSPS) is 7.26. The van der Waals surface area contributed by atoms with Crippen molar-refractivity contribution in [3.05, 3.63) is 0 Å². The van der Waals surface area contributed by atoms with Gasteiger partial charge in [0.25, 0.3) is 0 Å². The maximum absolute atomic E-state index is 10.1. The van der Waals surface area contributed by atoms with Gasteiger partial charge in [0.15, 0.2) is 0 Å². The number of ketones is 2. The maximum Gasteiger partial charge on any atom is 0.303 e. The van der Waals surface area contributed by atoms with Crippen LogP contribution in [0.4, 0.5) is 0 Å². The minimum absolute atomic E-state index is 0. The molecule has 9 heteroatoms. The van der Waals surface area contributed by atoms with Crippen molar-refractivity contribution in [2.24, 2.45) is 0 Å². The first-order chi connectivity index (χ1) is 7.25. The van der Waals surface area contributed by atoms with Gasteiger partial charge in [0.05, 0.1) is 12.8 Å². The molecule has 0 aliphatic heterocycles. The molecule has 6 N–H and O–H groups in total. The molecule has 0 aromatic heterocycles. The van der Waals surface area contributed by atoms with E-state index in [1.54, 1.807) is 0 Å². The largest absolute Gasteiger partial charge is 0.481 e. The fourth-order valence-electron chi connectivity index (χ4n) is 0.566. The van der Waals surface area contributed by atoms with Gasteiger partial charge in [-0.25, -0.2) is 0 Å². The molecule has 110 valence electrons. The van der Waals surface area contributed by atoms with Crippen LogP contribution in [0, 0.1) is 0 Å². The molecule has 19 heavy (non-hydrogen) atoms. The van der Waals surface area contributed by atoms with Crippen LogP contribution in [-0.2, 0) is 19.2 Å². The number of carbonyl (C=O) groups excluding carboxylic acids is 2. The van der Waals surface area contributed by atoms with E-state index in [0.29, 0.717) is 0 Å². The summed E-state index contributed by atoms with van der Waals surface area (Å²) in [5.41, 5.74) is 0. The predicted molar refractivity (Wildman–Crippen MR) is 68.1 cm³/mol. The number of carbonyl (C=O) groups is 4. The number of Topliss-reactive ketones (excluding diaryl/α,β-unsaturated/α-hetero) is 2. The summed E-state index contributed by atoms with van der Waals surface area (Å²) >= 11 is 0. The van der Waals surface area contributed by atoms with E-state index in [1.807, 2.05) is 0 Å². The molecule has 0 fully saturated rings. The van der Waals surface area contributed by atoms with E-state index in [2.05, 4.69) is 0 Å². The van der Waals surface area contributed by atoms with Crippen LogP contribution in [0.3, 0.4) is 0 Å². The zero-order valence-corrected chi connectivity index (χ0v) is 13.3. The zero-order valence-electron chi connectivity index (χ0n) is 11.1. The Balaban J connectivity index is -0.0000000594. The molecule has 0 aliphatic rings. The van der Waals surface area contributed by atoms with Gasteiger partial charge in [0, 0.05) is 50.6 Å². The third-order valence-corrected chi connectivity index (χ3v) is 1.38. The molecular formula is C10H20CaO8. The van der Waals surface area contributed by atoms with Gasteiger partial charge in [-0.05, 0) is 13.8 Å². The van der Waals surface area contributed by atoms with E-state index in [9.17, 15) is 19.2 Å². The van der Waals surface area contributed by atoms with Crippen molar-refractivity contribution in [3.63, 3.8) is 0 Å². The second-order valence-corrected chi connectivity index (χ2v) is 3.19. The number of hydrogen-bond donors (Lipinski definition) is 2. The van der Waals surface area contributed by atoms with Crippen molar-refractivity contribution in [1.29, 1.82) is 0 Å². The molecule has 0 bridgehead atoms. The van der Waals surface area contributed by atoms with Crippen LogP contribution in [0.15, 0.2) is 0 Å². The van der Waals surface area contributed by atoms with E-state index in [1.165, 1.54) is 13.8 Å². The van der Waals surface area contributed by atoms with Crippen LogP contribution in [0.25, 0.3) is 0 Å². The summed E-state index contributed by atoms with van der Waals surface area (Å²) in [6.07, 6.45) is 0.204. The topological polar surface area (TPSA) is 172 Å². The summed E-state index contributed by atoms with van der Waals surface area (Å²) in [6.45, 7) is 2.76. The first kappa shape index (κ1) is 31.1. The summed E-state index contributed by atoms with van der Waals surface area (Å²) < 4.78 is 0. The Morgan fingerprint density at radius 1 is 0.684 bits per heavy atom. The van der Waals surface area contributed by atoms with Crippen LogP contribution in [0.5, 0.6) is 0 Å². The molecule has 0 saturated carbocycles. The van der Waals surface area contributed by atoms with Crippen LogP contribution in [-0.4, -0.2) is 82.4 Å². The summed E-state index contributed by atoms with van der Waals surface area (Å²) in [5.74, 6) is -1.99. The predicted octanol–water partition coefficient (Wildman–Crippen LogP) is -1.15. The van der Waals surface area contributed by atoms with Gasteiger partial charge < -0.3 is 30.8 Å². The Bertz CT molecular complexity index is 221.